The lowest BCUT2D eigenvalue weighted by atomic mass is 10.2. The Kier molecular flexibility index (Phi) is 3.22. The summed E-state index contributed by atoms with van der Waals surface area (Å²) in [4.78, 5) is 0.800. The van der Waals surface area contributed by atoms with Crippen molar-refractivity contribution in [3.63, 3.8) is 0 Å². The molecule has 0 saturated carbocycles. The van der Waals surface area contributed by atoms with Crippen LogP contribution in [-0.2, 0) is 9.84 Å². The van der Waals surface area contributed by atoms with Gasteiger partial charge in [0.2, 0.25) is 9.84 Å². The third kappa shape index (κ3) is 1.96. The van der Waals surface area contributed by atoms with Crippen molar-refractivity contribution < 1.29 is 13.2 Å². The Labute approximate surface area is 101 Å². The van der Waals surface area contributed by atoms with Gasteiger partial charge >= 0.3 is 0 Å². The van der Waals surface area contributed by atoms with Crippen LogP contribution in [0.15, 0.2) is 28.0 Å². The van der Waals surface area contributed by atoms with Crippen LogP contribution >= 0.6 is 0 Å². The van der Waals surface area contributed by atoms with Gasteiger partial charge in [-0.15, -0.1) is 0 Å². The van der Waals surface area contributed by atoms with E-state index in [2.05, 4.69) is 5.32 Å². The number of sulfone groups is 1. The minimum absolute atomic E-state index is 0.350. The van der Waals surface area contributed by atoms with E-state index >= 15 is 0 Å². The Balaban J connectivity index is 2.49. The standard InChI is InChI=1S/C12H15NO3S/c1-13-7-6-9-8-10-11(16-2)4-3-5-12(10)17(9,14)15/h3-5,8,13H,6-7H2,1-2H3. The maximum Gasteiger partial charge on any atom is 0.203 e. The topological polar surface area (TPSA) is 55.4 Å². The van der Waals surface area contributed by atoms with Crippen LogP contribution in [0.3, 0.4) is 0 Å². The number of hydrogen-bond acceptors (Lipinski definition) is 4. The zero-order chi connectivity index (χ0) is 12.5. The molecule has 0 aliphatic carbocycles. The third-order valence-corrected chi connectivity index (χ3v) is 4.75. The van der Waals surface area contributed by atoms with Gasteiger partial charge < -0.3 is 10.1 Å². The first kappa shape index (κ1) is 12.1. The number of fused-ring (bicyclic) bond motifs is 1. The molecular formula is C12H15NO3S. The molecule has 0 atom stereocenters. The van der Waals surface area contributed by atoms with E-state index < -0.39 is 9.84 Å². The van der Waals surface area contributed by atoms with Crippen LogP contribution in [0.1, 0.15) is 12.0 Å². The maximum absolute atomic E-state index is 12.2. The van der Waals surface area contributed by atoms with E-state index in [0.29, 0.717) is 34.1 Å². The molecule has 0 amide bonds. The Morgan fingerprint density at radius 3 is 2.76 bits per heavy atom. The molecule has 0 aromatic heterocycles. The fraction of sp³-hybridized carbons (Fsp3) is 0.333. The molecule has 2 rings (SSSR count). The zero-order valence-electron chi connectivity index (χ0n) is 9.86. The molecule has 1 aromatic rings. The van der Waals surface area contributed by atoms with Gasteiger partial charge in [-0.25, -0.2) is 8.42 Å². The Hall–Kier alpha value is -1.33. The van der Waals surface area contributed by atoms with Crippen LogP contribution < -0.4 is 10.1 Å². The smallest absolute Gasteiger partial charge is 0.203 e. The van der Waals surface area contributed by atoms with Crippen molar-refractivity contribution in [3.8, 4) is 5.75 Å². The molecule has 0 fully saturated rings. The highest BCUT2D eigenvalue weighted by Crippen LogP contribution is 2.38. The van der Waals surface area contributed by atoms with Crippen LogP contribution in [-0.4, -0.2) is 29.1 Å². The fourth-order valence-corrected chi connectivity index (χ4v) is 3.55. The van der Waals surface area contributed by atoms with Crippen LogP contribution in [0.25, 0.3) is 6.08 Å². The normalized spacial score (nSPS) is 16.5. The predicted octanol–water partition coefficient (Wildman–Crippen LogP) is 1.43. The van der Waals surface area contributed by atoms with Gasteiger partial charge in [0.25, 0.3) is 0 Å². The van der Waals surface area contributed by atoms with E-state index in [1.165, 1.54) is 0 Å². The van der Waals surface area contributed by atoms with E-state index in [-0.39, 0.29) is 0 Å². The van der Waals surface area contributed by atoms with Crippen molar-refractivity contribution in [2.24, 2.45) is 0 Å². The molecule has 17 heavy (non-hydrogen) atoms. The minimum atomic E-state index is -3.31. The number of benzene rings is 1. The van der Waals surface area contributed by atoms with Crippen molar-refractivity contribution in [3.05, 3.63) is 28.7 Å². The van der Waals surface area contributed by atoms with E-state index in [0.717, 1.165) is 0 Å². The summed E-state index contributed by atoms with van der Waals surface area (Å²) >= 11 is 0. The molecule has 4 nitrogen and oxygen atoms in total. The van der Waals surface area contributed by atoms with Crippen molar-refractivity contribution in [2.45, 2.75) is 11.3 Å². The van der Waals surface area contributed by atoms with Gasteiger partial charge in [0.15, 0.2) is 0 Å². The molecule has 0 saturated heterocycles. The summed E-state index contributed by atoms with van der Waals surface area (Å²) in [6, 6.07) is 5.09. The Morgan fingerprint density at radius 1 is 1.35 bits per heavy atom. The summed E-state index contributed by atoms with van der Waals surface area (Å²) in [5.41, 5.74) is 0.668. The molecular weight excluding hydrogens is 238 g/mol. The lowest BCUT2D eigenvalue weighted by molar-refractivity contribution is 0.412. The lowest BCUT2D eigenvalue weighted by Crippen LogP contribution is -2.11. The second-order valence-electron chi connectivity index (χ2n) is 3.84. The molecule has 0 unspecified atom stereocenters. The summed E-state index contributed by atoms with van der Waals surface area (Å²) in [6.45, 7) is 0.640. The summed E-state index contributed by atoms with van der Waals surface area (Å²) in [5.74, 6) is 0.602. The Bertz CT molecular complexity index is 561. The van der Waals surface area contributed by atoms with Gasteiger partial charge in [-0.2, -0.15) is 0 Å². The SMILES string of the molecule is CNCCC1=Cc2c(OC)cccc2S1(=O)=O. The second kappa shape index (κ2) is 4.50. The van der Waals surface area contributed by atoms with Gasteiger partial charge in [-0.05, 0) is 38.2 Å². The summed E-state index contributed by atoms with van der Waals surface area (Å²) in [7, 11) is 0.0346. The molecule has 0 spiro atoms. The van der Waals surface area contributed by atoms with Crippen molar-refractivity contribution in [1.29, 1.82) is 0 Å². The first-order valence-electron chi connectivity index (χ1n) is 5.38. The predicted molar refractivity (Wildman–Crippen MR) is 66.7 cm³/mol. The maximum atomic E-state index is 12.2. The highest BCUT2D eigenvalue weighted by molar-refractivity contribution is 7.95. The molecule has 92 valence electrons. The van der Waals surface area contributed by atoms with E-state index in [9.17, 15) is 8.42 Å². The molecule has 0 bridgehead atoms. The number of rotatable bonds is 4. The van der Waals surface area contributed by atoms with Gasteiger partial charge in [-0.1, -0.05) is 6.07 Å². The molecule has 1 aliphatic heterocycles. The van der Waals surface area contributed by atoms with Crippen LogP contribution in [0, 0.1) is 0 Å². The molecule has 1 N–H and O–H groups in total. The molecule has 0 radical (unpaired) electrons. The molecule has 5 heteroatoms. The van der Waals surface area contributed by atoms with Crippen LogP contribution in [0.4, 0.5) is 0 Å². The van der Waals surface area contributed by atoms with Gasteiger partial charge in [0.05, 0.1) is 16.9 Å². The fourth-order valence-electron chi connectivity index (χ4n) is 1.91. The number of methoxy groups -OCH3 is 1. The largest absolute Gasteiger partial charge is 0.496 e. The monoisotopic (exact) mass is 253 g/mol. The number of hydrogen-bond donors (Lipinski definition) is 1. The third-order valence-electron chi connectivity index (χ3n) is 2.81. The zero-order valence-corrected chi connectivity index (χ0v) is 10.7. The number of ether oxygens (including phenoxy) is 1. The van der Waals surface area contributed by atoms with E-state index in [4.69, 9.17) is 4.74 Å². The van der Waals surface area contributed by atoms with Gasteiger partial charge in [0.1, 0.15) is 5.75 Å². The van der Waals surface area contributed by atoms with Gasteiger partial charge in [0, 0.05) is 5.56 Å². The summed E-state index contributed by atoms with van der Waals surface area (Å²) in [6.07, 6.45) is 2.21. The molecule has 1 aliphatic rings. The highest BCUT2D eigenvalue weighted by atomic mass is 32.2. The average molecular weight is 253 g/mol. The summed E-state index contributed by atoms with van der Waals surface area (Å²) < 4.78 is 29.6. The first-order valence-corrected chi connectivity index (χ1v) is 6.87. The second-order valence-corrected chi connectivity index (χ2v) is 5.81. The minimum Gasteiger partial charge on any atom is -0.496 e. The lowest BCUT2D eigenvalue weighted by Gasteiger charge is -2.05. The molecule has 1 aromatic carbocycles. The first-order chi connectivity index (χ1) is 8.11. The Morgan fingerprint density at radius 2 is 2.12 bits per heavy atom. The van der Waals surface area contributed by atoms with Crippen molar-refractivity contribution in [1.82, 2.24) is 5.32 Å². The molecule has 1 heterocycles. The van der Waals surface area contributed by atoms with Crippen LogP contribution in [0.5, 0.6) is 5.75 Å². The van der Waals surface area contributed by atoms with E-state index in [1.54, 1.807) is 38.4 Å². The van der Waals surface area contributed by atoms with Crippen LogP contribution in [0.2, 0.25) is 0 Å². The quantitative estimate of drug-likeness (QED) is 0.882. The van der Waals surface area contributed by atoms with Crippen molar-refractivity contribution in [2.75, 3.05) is 20.7 Å². The van der Waals surface area contributed by atoms with Crippen molar-refractivity contribution >= 4 is 15.9 Å². The van der Waals surface area contributed by atoms with Gasteiger partial charge in [-0.3, -0.25) is 0 Å². The highest BCUT2D eigenvalue weighted by Gasteiger charge is 2.30. The average Bonchev–Trinajstić information content (AvgIpc) is 2.58. The van der Waals surface area contributed by atoms with E-state index in [1.807, 2.05) is 0 Å². The summed E-state index contributed by atoms with van der Waals surface area (Å²) in [5, 5.41) is 2.95. The number of nitrogens with one attached hydrogen (secondary N) is 1.